The van der Waals surface area contributed by atoms with E-state index < -0.39 is 0 Å². The van der Waals surface area contributed by atoms with Crippen molar-refractivity contribution in [2.75, 3.05) is 16.8 Å². The molecule has 3 aromatic rings. The Kier molecular flexibility index (Phi) is 6.56. The van der Waals surface area contributed by atoms with Gasteiger partial charge in [-0.2, -0.15) is 0 Å². The minimum atomic E-state index is -0.0561. The molecule has 1 atom stereocenters. The van der Waals surface area contributed by atoms with Crippen LogP contribution < -0.4 is 15.5 Å². The number of amides is 1. The predicted molar refractivity (Wildman–Crippen MR) is 136 cm³/mol. The van der Waals surface area contributed by atoms with Gasteiger partial charge in [0.25, 0.3) is 0 Å². The van der Waals surface area contributed by atoms with E-state index in [0.29, 0.717) is 11.5 Å². The van der Waals surface area contributed by atoms with Gasteiger partial charge in [-0.15, -0.1) is 0 Å². The Morgan fingerprint density at radius 3 is 2.41 bits per heavy atom. The quantitative estimate of drug-likeness (QED) is 0.488. The summed E-state index contributed by atoms with van der Waals surface area (Å²) in [4.78, 5) is 14.0. The van der Waals surface area contributed by atoms with Crippen LogP contribution in [0.5, 0.6) is 0 Å². The van der Waals surface area contributed by atoms with E-state index >= 15 is 0 Å². The number of nitrogens with zero attached hydrogens (tertiary/aromatic N) is 1. The molecular weight excluding hydrogens is 414 g/mol. The number of rotatable bonds is 5. The highest BCUT2D eigenvalue weighted by Crippen LogP contribution is 2.28. The summed E-state index contributed by atoms with van der Waals surface area (Å²) in [5, 5.41) is 7.40. The van der Waals surface area contributed by atoms with Crippen LogP contribution in [0.1, 0.15) is 46.7 Å². The van der Waals surface area contributed by atoms with Crippen molar-refractivity contribution < 1.29 is 4.79 Å². The van der Waals surface area contributed by atoms with Crippen LogP contribution >= 0.6 is 12.2 Å². The van der Waals surface area contributed by atoms with Gasteiger partial charge >= 0.3 is 0 Å². The number of carbonyl (C=O) groups excluding carboxylic acids is 1. The highest BCUT2D eigenvalue weighted by atomic mass is 32.1. The minimum absolute atomic E-state index is 0.0561. The molecule has 0 aromatic heterocycles. The molecule has 4 nitrogen and oxygen atoms in total. The third-order valence-corrected chi connectivity index (χ3v) is 6.18. The summed E-state index contributed by atoms with van der Waals surface area (Å²) in [5.41, 5.74) is 7.77. The largest absolute Gasteiger partial charge is 0.352 e. The summed E-state index contributed by atoms with van der Waals surface area (Å²) in [6, 6.07) is 22.8. The lowest BCUT2D eigenvalue weighted by Gasteiger charge is -2.24. The van der Waals surface area contributed by atoms with Gasteiger partial charge in [0.1, 0.15) is 0 Å². The fourth-order valence-corrected chi connectivity index (χ4v) is 4.61. The van der Waals surface area contributed by atoms with Gasteiger partial charge in [-0.25, -0.2) is 0 Å². The zero-order valence-corrected chi connectivity index (χ0v) is 19.6. The number of hydrogen-bond acceptors (Lipinski definition) is 2. The van der Waals surface area contributed by atoms with Crippen molar-refractivity contribution in [2.24, 2.45) is 0 Å². The molecule has 1 aliphatic rings. The van der Waals surface area contributed by atoms with E-state index in [1.807, 2.05) is 48.2 Å². The summed E-state index contributed by atoms with van der Waals surface area (Å²) in [5.74, 6) is 0.199. The number of anilines is 2. The molecule has 1 fully saturated rings. The van der Waals surface area contributed by atoms with Gasteiger partial charge in [-0.05, 0) is 79.9 Å². The molecule has 0 saturated carbocycles. The molecule has 1 heterocycles. The van der Waals surface area contributed by atoms with Crippen LogP contribution in [0.3, 0.4) is 0 Å². The maximum absolute atomic E-state index is 12.1. The van der Waals surface area contributed by atoms with Crippen molar-refractivity contribution in [3.63, 3.8) is 0 Å². The Balaban J connectivity index is 1.54. The standard InChI is InChI=1S/C27H29N3OS/c1-18-11-13-23(19(2)16-18)26(21-8-5-4-6-9-21)29-27(32)28-22-12-14-24(20(3)17-22)30-15-7-10-25(30)31/h4-6,8-9,11-14,16-17,26H,7,10,15H2,1-3H3,(H2,28,29,32)/t26-/m1/s1. The van der Waals surface area contributed by atoms with Crippen LogP contribution in [-0.2, 0) is 4.79 Å². The van der Waals surface area contributed by atoms with Crippen LogP contribution in [0.2, 0.25) is 0 Å². The number of aryl methyl sites for hydroxylation is 3. The van der Waals surface area contributed by atoms with E-state index in [1.54, 1.807) is 0 Å². The Labute approximate surface area is 195 Å². The first-order valence-electron chi connectivity index (χ1n) is 11.0. The second kappa shape index (κ2) is 9.53. The van der Waals surface area contributed by atoms with Crippen molar-refractivity contribution in [1.82, 2.24) is 5.32 Å². The van der Waals surface area contributed by atoms with E-state index in [1.165, 1.54) is 16.7 Å². The van der Waals surface area contributed by atoms with E-state index in [-0.39, 0.29) is 11.9 Å². The van der Waals surface area contributed by atoms with Crippen LogP contribution in [0, 0.1) is 20.8 Å². The Bertz CT molecular complexity index is 1140. The zero-order valence-electron chi connectivity index (χ0n) is 18.8. The summed E-state index contributed by atoms with van der Waals surface area (Å²) in [6.07, 6.45) is 1.55. The molecule has 5 heteroatoms. The Hall–Kier alpha value is -3.18. The molecule has 0 bridgehead atoms. The molecule has 3 aromatic carbocycles. The number of thiocarbonyl (C=S) groups is 1. The minimum Gasteiger partial charge on any atom is -0.352 e. The number of hydrogen-bond donors (Lipinski definition) is 2. The third kappa shape index (κ3) is 4.83. The lowest BCUT2D eigenvalue weighted by atomic mass is 9.94. The van der Waals surface area contributed by atoms with Crippen LogP contribution in [0.25, 0.3) is 0 Å². The zero-order chi connectivity index (χ0) is 22.7. The Morgan fingerprint density at radius 1 is 0.969 bits per heavy atom. The van der Waals surface area contributed by atoms with E-state index in [2.05, 4.69) is 54.8 Å². The molecule has 4 rings (SSSR count). The summed E-state index contributed by atoms with van der Waals surface area (Å²) in [7, 11) is 0. The van der Waals surface area contributed by atoms with Crippen LogP contribution in [0.15, 0.2) is 66.7 Å². The molecule has 1 aliphatic heterocycles. The average molecular weight is 444 g/mol. The van der Waals surface area contributed by atoms with Crippen molar-refractivity contribution in [1.29, 1.82) is 0 Å². The number of carbonyl (C=O) groups is 1. The maximum Gasteiger partial charge on any atom is 0.227 e. The van der Waals surface area contributed by atoms with Crippen LogP contribution in [0.4, 0.5) is 11.4 Å². The number of benzene rings is 3. The van der Waals surface area contributed by atoms with Crippen molar-refractivity contribution in [3.05, 3.63) is 94.5 Å². The molecule has 1 amide bonds. The monoisotopic (exact) mass is 443 g/mol. The third-order valence-electron chi connectivity index (χ3n) is 5.96. The smallest absolute Gasteiger partial charge is 0.227 e. The topological polar surface area (TPSA) is 44.4 Å². The molecule has 0 radical (unpaired) electrons. The van der Waals surface area contributed by atoms with Crippen molar-refractivity contribution in [2.45, 2.75) is 39.7 Å². The molecule has 0 aliphatic carbocycles. The van der Waals surface area contributed by atoms with E-state index in [0.717, 1.165) is 35.5 Å². The second-order valence-electron chi connectivity index (χ2n) is 8.45. The SMILES string of the molecule is Cc1ccc([C@H](NC(=S)Nc2ccc(N3CCCC3=O)c(C)c2)c2ccccc2)c(C)c1. The molecule has 2 N–H and O–H groups in total. The molecular formula is C27H29N3OS. The lowest BCUT2D eigenvalue weighted by molar-refractivity contribution is -0.117. The van der Waals surface area contributed by atoms with Gasteiger partial charge < -0.3 is 15.5 Å². The van der Waals surface area contributed by atoms with Crippen molar-refractivity contribution >= 4 is 34.6 Å². The molecule has 164 valence electrons. The molecule has 1 saturated heterocycles. The molecule has 0 spiro atoms. The molecule has 0 unspecified atom stereocenters. The molecule has 32 heavy (non-hydrogen) atoms. The normalized spacial score (nSPS) is 14.3. The van der Waals surface area contributed by atoms with Gasteiger partial charge in [-0.1, -0.05) is 54.1 Å². The number of nitrogens with one attached hydrogen (secondary N) is 2. The Morgan fingerprint density at radius 2 is 1.75 bits per heavy atom. The van der Waals surface area contributed by atoms with Gasteiger partial charge in [0.05, 0.1) is 6.04 Å². The summed E-state index contributed by atoms with van der Waals surface area (Å²) in [6.45, 7) is 7.07. The fraction of sp³-hybridized carbons (Fsp3) is 0.259. The van der Waals surface area contributed by atoms with Gasteiger partial charge in [-0.3, -0.25) is 4.79 Å². The first-order chi connectivity index (χ1) is 15.4. The fourth-order valence-electron chi connectivity index (χ4n) is 4.37. The highest BCUT2D eigenvalue weighted by Gasteiger charge is 2.23. The predicted octanol–water partition coefficient (Wildman–Crippen LogP) is 5.81. The second-order valence-corrected chi connectivity index (χ2v) is 8.86. The summed E-state index contributed by atoms with van der Waals surface area (Å²) < 4.78 is 0. The van der Waals surface area contributed by atoms with Crippen molar-refractivity contribution in [3.8, 4) is 0 Å². The first-order valence-corrected chi connectivity index (χ1v) is 11.4. The van der Waals surface area contributed by atoms with Gasteiger partial charge in [0.15, 0.2) is 5.11 Å². The van der Waals surface area contributed by atoms with Gasteiger partial charge in [0.2, 0.25) is 5.91 Å². The lowest BCUT2D eigenvalue weighted by Crippen LogP contribution is -2.33. The average Bonchev–Trinajstić information content (AvgIpc) is 3.19. The van der Waals surface area contributed by atoms with E-state index in [9.17, 15) is 4.79 Å². The summed E-state index contributed by atoms with van der Waals surface area (Å²) >= 11 is 5.70. The first kappa shape index (κ1) is 22.0. The van der Waals surface area contributed by atoms with Crippen LogP contribution in [-0.4, -0.2) is 17.6 Å². The maximum atomic E-state index is 12.1. The van der Waals surface area contributed by atoms with Gasteiger partial charge in [0, 0.05) is 24.3 Å². The highest BCUT2D eigenvalue weighted by molar-refractivity contribution is 7.80. The van der Waals surface area contributed by atoms with E-state index in [4.69, 9.17) is 12.2 Å².